The van der Waals surface area contributed by atoms with E-state index in [1.54, 1.807) is 24.4 Å². The van der Waals surface area contributed by atoms with Crippen molar-refractivity contribution in [2.75, 3.05) is 11.9 Å². The summed E-state index contributed by atoms with van der Waals surface area (Å²) in [5.41, 5.74) is 6.81. The van der Waals surface area contributed by atoms with E-state index < -0.39 is 6.61 Å². The zero-order valence-corrected chi connectivity index (χ0v) is 12.6. The van der Waals surface area contributed by atoms with E-state index in [4.69, 9.17) is 5.73 Å². The maximum absolute atomic E-state index is 12.1. The fraction of sp³-hybridized carbons (Fsp3) is 0.286. The summed E-state index contributed by atoms with van der Waals surface area (Å²) in [6.07, 6.45) is 0. The first-order valence-corrected chi connectivity index (χ1v) is 7.39. The number of benzene rings is 1. The molecule has 0 aliphatic carbocycles. The number of aromatic nitrogens is 1. The summed E-state index contributed by atoms with van der Waals surface area (Å²) in [6, 6.07) is 6.13. The number of hydrogen-bond acceptors (Lipinski definition) is 5. The fourth-order valence-corrected chi connectivity index (χ4v) is 2.33. The van der Waals surface area contributed by atoms with Gasteiger partial charge >= 0.3 is 6.61 Å². The van der Waals surface area contributed by atoms with E-state index in [-0.39, 0.29) is 24.1 Å². The lowest BCUT2D eigenvalue weighted by atomic mass is 10.2. The van der Waals surface area contributed by atoms with Crippen LogP contribution in [0.25, 0.3) is 11.3 Å². The maximum Gasteiger partial charge on any atom is 0.387 e. The van der Waals surface area contributed by atoms with Crippen molar-refractivity contribution in [3.05, 3.63) is 29.6 Å². The third-order valence-corrected chi connectivity index (χ3v) is 3.67. The molecule has 0 saturated heterocycles. The SMILES string of the molecule is CC(CN)C(=O)Nc1nc(-c2ccc(OC(F)F)cc2)cs1. The highest BCUT2D eigenvalue weighted by Crippen LogP contribution is 2.27. The van der Waals surface area contributed by atoms with Gasteiger partial charge in [0.05, 0.1) is 5.69 Å². The number of rotatable bonds is 6. The summed E-state index contributed by atoms with van der Waals surface area (Å²) in [5, 5.41) is 4.92. The molecule has 8 heteroatoms. The minimum Gasteiger partial charge on any atom is -0.435 e. The topological polar surface area (TPSA) is 77.2 Å². The molecule has 0 saturated carbocycles. The van der Waals surface area contributed by atoms with E-state index in [0.29, 0.717) is 10.8 Å². The van der Waals surface area contributed by atoms with Crippen molar-refractivity contribution < 1.29 is 18.3 Å². The molecule has 118 valence electrons. The van der Waals surface area contributed by atoms with Gasteiger partial charge < -0.3 is 15.8 Å². The molecule has 3 N–H and O–H groups in total. The molecular formula is C14H15F2N3O2S. The van der Waals surface area contributed by atoms with Crippen LogP contribution in [0.2, 0.25) is 0 Å². The molecule has 0 radical (unpaired) electrons. The van der Waals surface area contributed by atoms with Crippen LogP contribution < -0.4 is 15.8 Å². The highest BCUT2D eigenvalue weighted by molar-refractivity contribution is 7.14. The van der Waals surface area contributed by atoms with Gasteiger partial charge in [0.25, 0.3) is 0 Å². The Balaban J connectivity index is 2.06. The second-order valence-electron chi connectivity index (χ2n) is 4.57. The Morgan fingerprint density at radius 2 is 2.09 bits per heavy atom. The Kier molecular flexibility index (Phi) is 5.40. The lowest BCUT2D eigenvalue weighted by molar-refractivity contribution is -0.119. The number of thiazole rings is 1. The molecule has 2 aromatic rings. The second kappa shape index (κ2) is 7.28. The van der Waals surface area contributed by atoms with E-state index in [9.17, 15) is 13.6 Å². The highest BCUT2D eigenvalue weighted by atomic mass is 32.1. The summed E-state index contributed by atoms with van der Waals surface area (Å²) >= 11 is 1.28. The molecule has 0 aliphatic rings. The van der Waals surface area contributed by atoms with Crippen molar-refractivity contribution in [2.45, 2.75) is 13.5 Å². The lowest BCUT2D eigenvalue weighted by Gasteiger charge is -2.06. The molecule has 0 bridgehead atoms. The van der Waals surface area contributed by atoms with Gasteiger partial charge in [-0.25, -0.2) is 4.98 Å². The number of alkyl halides is 2. The first kappa shape index (κ1) is 16.3. The number of nitrogens with zero attached hydrogens (tertiary/aromatic N) is 1. The maximum atomic E-state index is 12.1. The molecule has 1 aromatic carbocycles. The molecule has 1 amide bonds. The molecule has 0 fully saturated rings. The van der Waals surface area contributed by atoms with Gasteiger partial charge in [0.2, 0.25) is 5.91 Å². The van der Waals surface area contributed by atoms with E-state index in [1.807, 2.05) is 0 Å². The van der Waals surface area contributed by atoms with Crippen LogP contribution >= 0.6 is 11.3 Å². The summed E-state index contributed by atoms with van der Waals surface area (Å²) in [7, 11) is 0. The Morgan fingerprint density at radius 1 is 1.41 bits per heavy atom. The molecule has 22 heavy (non-hydrogen) atoms. The average Bonchev–Trinajstić information content (AvgIpc) is 2.95. The largest absolute Gasteiger partial charge is 0.435 e. The van der Waals surface area contributed by atoms with Crippen LogP contribution in [0.4, 0.5) is 13.9 Å². The quantitative estimate of drug-likeness (QED) is 0.855. The van der Waals surface area contributed by atoms with Gasteiger partial charge in [-0.05, 0) is 24.3 Å². The number of nitrogens with one attached hydrogen (secondary N) is 1. The molecular weight excluding hydrogens is 312 g/mol. The van der Waals surface area contributed by atoms with Crippen LogP contribution in [0.15, 0.2) is 29.6 Å². The Morgan fingerprint density at radius 3 is 2.68 bits per heavy atom. The van der Waals surface area contributed by atoms with Crippen molar-refractivity contribution in [1.82, 2.24) is 4.98 Å². The molecule has 5 nitrogen and oxygen atoms in total. The van der Waals surface area contributed by atoms with Gasteiger partial charge in [0, 0.05) is 23.4 Å². The number of nitrogens with two attached hydrogens (primary N) is 1. The summed E-state index contributed by atoms with van der Waals surface area (Å²) in [4.78, 5) is 16.0. The van der Waals surface area contributed by atoms with Crippen molar-refractivity contribution in [3.8, 4) is 17.0 Å². The van der Waals surface area contributed by atoms with Crippen molar-refractivity contribution in [3.63, 3.8) is 0 Å². The summed E-state index contributed by atoms with van der Waals surface area (Å²) in [5.74, 6) is -0.401. The highest BCUT2D eigenvalue weighted by Gasteiger charge is 2.13. The predicted molar refractivity (Wildman–Crippen MR) is 81.0 cm³/mol. The molecule has 1 unspecified atom stereocenters. The van der Waals surface area contributed by atoms with Gasteiger partial charge in [0.1, 0.15) is 5.75 Å². The molecule has 1 heterocycles. The Labute approximate surface area is 130 Å². The smallest absolute Gasteiger partial charge is 0.387 e. The van der Waals surface area contributed by atoms with Gasteiger partial charge in [-0.2, -0.15) is 8.78 Å². The number of halogens is 2. The molecule has 1 atom stereocenters. The number of hydrogen-bond donors (Lipinski definition) is 2. The summed E-state index contributed by atoms with van der Waals surface area (Å²) < 4.78 is 28.4. The molecule has 1 aromatic heterocycles. The fourth-order valence-electron chi connectivity index (χ4n) is 1.61. The lowest BCUT2D eigenvalue weighted by Crippen LogP contribution is -2.26. The van der Waals surface area contributed by atoms with E-state index in [0.717, 1.165) is 5.56 Å². The monoisotopic (exact) mass is 327 g/mol. The van der Waals surface area contributed by atoms with Crippen molar-refractivity contribution in [2.24, 2.45) is 11.7 Å². The van der Waals surface area contributed by atoms with Crippen molar-refractivity contribution >= 4 is 22.4 Å². The normalized spacial score (nSPS) is 12.2. The van der Waals surface area contributed by atoms with Crippen LogP contribution in [0, 0.1) is 5.92 Å². The summed E-state index contributed by atoms with van der Waals surface area (Å²) in [6.45, 7) is -0.863. The number of carbonyl (C=O) groups is 1. The van der Waals surface area contributed by atoms with E-state index in [1.165, 1.54) is 23.5 Å². The minimum absolute atomic E-state index is 0.0827. The number of amides is 1. The van der Waals surface area contributed by atoms with Crippen LogP contribution in [0.3, 0.4) is 0 Å². The third-order valence-electron chi connectivity index (χ3n) is 2.91. The molecule has 0 aliphatic heterocycles. The Bertz CT molecular complexity index is 631. The van der Waals surface area contributed by atoms with Crippen LogP contribution in [-0.2, 0) is 4.79 Å². The van der Waals surface area contributed by atoms with Crippen LogP contribution in [-0.4, -0.2) is 24.0 Å². The first-order chi connectivity index (χ1) is 10.5. The second-order valence-corrected chi connectivity index (χ2v) is 5.42. The minimum atomic E-state index is -2.85. The predicted octanol–water partition coefficient (Wildman–Crippen LogP) is 2.94. The Hall–Kier alpha value is -2.06. The molecule has 2 rings (SSSR count). The zero-order valence-electron chi connectivity index (χ0n) is 11.8. The first-order valence-electron chi connectivity index (χ1n) is 6.51. The number of carbonyl (C=O) groups excluding carboxylic acids is 1. The average molecular weight is 327 g/mol. The van der Waals surface area contributed by atoms with E-state index in [2.05, 4.69) is 15.0 Å². The molecule has 0 spiro atoms. The van der Waals surface area contributed by atoms with Gasteiger partial charge in [0.15, 0.2) is 5.13 Å². The number of ether oxygens (including phenoxy) is 1. The van der Waals surface area contributed by atoms with Gasteiger partial charge in [-0.3, -0.25) is 4.79 Å². The van der Waals surface area contributed by atoms with E-state index >= 15 is 0 Å². The van der Waals surface area contributed by atoms with Crippen molar-refractivity contribution in [1.29, 1.82) is 0 Å². The third kappa shape index (κ3) is 4.22. The van der Waals surface area contributed by atoms with Gasteiger partial charge in [-0.15, -0.1) is 11.3 Å². The zero-order chi connectivity index (χ0) is 16.1. The van der Waals surface area contributed by atoms with Crippen LogP contribution in [0.5, 0.6) is 5.75 Å². The van der Waals surface area contributed by atoms with Crippen LogP contribution in [0.1, 0.15) is 6.92 Å². The standard InChI is InChI=1S/C14H15F2N3O2S/c1-8(6-17)12(20)19-14-18-11(7-22-14)9-2-4-10(5-3-9)21-13(15)16/h2-5,7-8,13H,6,17H2,1H3,(H,18,19,20). The number of anilines is 1. The van der Waals surface area contributed by atoms with Gasteiger partial charge in [-0.1, -0.05) is 6.92 Å².